The average Bonchev–Trinajstić information content (AvgIpc) is 1.45. The number of para-hydroxylation sites is 1. The molecule has 706 valence electrons. The van der Waals surface area contributed by atoms with Crippen LogP contribution in [-0.2, 0) is 94.5 Å². The van der Waals surface area contributed by atoms with Crippen LogP contribution < -0.4 is 44.5 Å². The first kappa shape index (κ1) is 99.3. The SMILES string of the molecule is C=C(O)C(CCC(=O)O)NC(=O)N1CCc2cc(S(=O)(=O)N3CCN(c4cccc(Cl)c4)CC3)ccc21.CCCC(=O)N1CCc2cc(S(=O)(=O)N3CCN(c4cccc(Cl)c4Cl)CC3)ccc21.CCCC(=O)N1CCc2cc(S(=O)(=O)N3CCN(c4ccccc4F)CC3)ccc21.CCOC(=O)CCC(=O)N1CCc2cc(S(=O)(=O)N3CCN(c4cccc(Cl)c4)CC3)ccc21. The van der Waals surface area contributed by atoms with Gasteiger partial charge in [-0.3, -0.25) is 28.9 Å². The van der Waals surface area contributed by atoms with Crippen molar-refractivity contribution in [3.05, 3.63) is 224 Å². The maximum Gasteiger partial charge on any atom is 0.322 e. The van der Waals surface area contributed by atoms with E-state index in [-0.39, 0.29) is 81.2 Å². The number of urea groups is 1. The third kappa shape index (κ3) is 23.2. The minimum absolute atomic E-state index is 0.00113. The number of carboxylic acids is 1. The van der Waals surface area contributed by atoms with E-state index in [1.54, 1.807) is 119 Å². The number of esters is 1. The van der Waals surface area contributed by atoms with Gasteiger partial charge in [0.2, 0.25) is 57.8 Å². The molecule has 0 saturated carbocycles. The summed E-state index contributed by atoms with van der Waals surface area (Å²) in [6.07, 6.45) is 4.81. The molecule has 3 N–H and O–H groups in total. The average molecular weight is 1970 g/mol. The van der Waals surface area contributed by atoms with Crippen LogP contribution in [0, 0.1) is 5.82 Å². The zero-order valence-electron chi connectivity index (χ0n) is 73.6. The third-order valence-corrected chi connectivity index (χ3v) is 33.2. The van der Waals surface area contributed by atoms with Crippen LogP contribution in [0.2, 0.25) is 20.1 Å². The largest absolute Gasteiger partial charge is 0.511 e. The van der Waals surface area contributed by atoms with Gasteiger partial charge in [-0.25, -0.2) is 42.9 Å². The smallest absolute Gasteiger partial charge is 0.322 e. The molecule has 8 aromatic carbocycles. The molecule has 132 heavy (non-hydrogen) atoms. The Morgan fingerprint density at radius 1 is 0.394 bits per heavy atom. The summed E-state index contributed by atoms with van der Waals surface area (Å²) in [4.78, 5) is 88.1. The van der Waals surface area contributed by atoms with E-state index in [4.69, 9.17) is 56.2 Å². The summed E-state index contributed by atoms with van der Waals surface area (Å²) in [5.41, 5.74) is 9.54. The maximum absolute atomic E-state index is 14.0. The molecule has 0 bridgehead atoms. The highest BCUT2D eigenvalue weighted by Gasteiger charge is 2.39. The fourth-order valence-electron chi connectivity index (χ4n) is 17.3. The Bertz CT molecular complexity index is 6100. The summed E-state index contributed by atoms with van der Waals surface area (Å²) in [5.74, 6) is -2.07. The molecule has 0 aromatic heterocycles. The lowest BCUT2D eigenvalue weighted by Gasteiger charge is -2.36. The Hall–Kier alpha value is -10.2. The van der Waals surface area contributed by atoms with Crippen LogP contribution in [0.15, 0.2) is 196 Å². The van der Waals surface area contributed by atoms with Gasteiger partial charge in [-0.2, -0.15) is 17.2 Å². The molecule has 39 heteroatoms. The number of hydrogen-bond acceptors (Lipinski definition) is 20. The van der Waals surface area contributed by atoms with Gasteiger partial charge < -0.3 is 54.6 Å². The van der Waals surface area contributed by atoms with Gasteiger partial charge in [-0.15, -0.1) is 0 Å². The van der Waals surface area contributed by atoms with Gasteiger partial charge >= 0.3 is 18.0 Å². The molecule has 8 aromatic rings. The van der Waals surface area contributed by atoms with Gasteiger partial charge in [0.15, 0.2) is 0 Å². The second-order valence-electron chi connectivity index (χ2n) is 32.7. The van der Waals surface area contributed by atoms with E-state index in [2.05, 4.69) is 26.6 Å². The zero-order chi connectivity index (χ0) is 94.5. The van der Waals surface area contributed by atoms with Crippen molar-refractivity contribution in [1.29, 1.82) is 0 Å². The monoisotopic (exact) mass is 1970 g/mol. The first-order valence-corrected chi connectivity index (χ1v) is 51.3. The molecule has 8 heterocycles. The van der Waals surface area contributed by atoms with E-state index in [1.807, 2.05) is 73.3 Å². The van der Waals surface area contributed by atoms with Gasteiger partial charge in [0.05, 0.1) is 60.1 Å². The van der Waals surface area contributed by atoms with Crippen molar-refractivity contribution < 1.29 is 81.8 Å². The molecule has 4 fully saturated rings. The summed E-state index contributed by atoms with van der Waals surface area (Å²) < 4.78 is 131. The van der Waals surface area contributed by atoms with Crippen LogP contribution in [0.25, 0.3) is 0 Å². The van der Waals surface area contributed by atoms with Gasteiger partial charge in [0.25, 0.3) is 0 Å². The Morgan fingerprint density at radius 2 is 0.742 bits per heavy atom. The van der Waals surface area contributed by atoms with Gasteiger partial charge in [0.1, 0.15) is 11.6 Å². The van der Waals surface area contributed by atoms with E-state index in [0.29, 0.717) is 207 Å². The highest BCUT2D eigenvalue weighted by Crippen LogP contribution is 2.40. The molecular formula is C93H108Cl4FN13O17S4. The number of ether oxygens (including phenoxy) is 1. The fraction of sp³-hybridized carbons (Fsp3) is 0.398. The number of carboxylic acid groups (broad SMARTS) is 1. The van der Waals surface area contributed by atoms with E-state index in [0.717, 1.165) is 63.5 Å². The predicted molar refractivity (Wildman–Crippen MR) is 511 cm³/mol. The van der Waals surface area contributed by atoms with Crippen molar-refractivity contribution in [2.75, 3.05) is 177 Å². The molecule has 16 rings (SSSR count). The lowest BCUT2D eigenvalue weighted by molar-refractivity contribution is -0.144. The van der Waals surface area contributed by atoms with Gasteiger partial charge in [-0.05, 0) is 208 Å². The van der Waals surface area contributed by atoms with E-state index >= 15 is 0 Å². The molecule has 0 aliphatic carbocycles. The maximum atomic E-state index is 14.0. The predicted octanol–water partition coefficient (Wildman–Crippen LogP) is 13.5. The Kier molecular flexibility index (Phi) is 33.0. The standard InChI is InChI=1S/C25H29ClN4O6S.C24H28ClN3O5S.C22H25Cl2N3O3S.C22H26FN3O3S/c1-17(31)22(6-8-24(32)33)27-25(34)30-10-9-18-15-21(5-7-23(18)30)37(35,36)29-13-11-28(12-14-29)20-4-2-3-19(26)16-20;1-2-33-24(30)9-8-23(29)28-11-10-18-16-21(6-7-22(18)28)34(31,32)27-14-12-26(13-15-27)20-5-3-4-19(25)17-20;1-2-4-21(28)27-10-9-16-15-17(7-8-19(16)27)31(29,30)26-13-11-25(12-14-26)20-6-3-5-18(23)22(20)24;1-2-5-22(27)26-11-10-17-16-18(8-9-20(17)26)30(28,29)25-14-12-24(13-15-25)21-7-4-3-6-19(21)23/h2-5,7,15-16,22,31H,1,6,8-14H2,(H,27,34)(H,32,33);3-7,16-17H,2,8-15H2,1H3;3,5-8,15H,2,4,9-14H2,1H3;3-4,6-9,16H,2,5,10-15H2,1H3. The van der Waals surface area contributed by atoms with E-state index in [9.17, 15) is 71.9 Å². The zero-order valence-corrected chi connectivity index (χ0v) is 79.9. The van der Waals surface area contributed by atoms with Crippen molar-refractivity contribution in [3.8, 4) is 0 Å². The van der Waals surface area contributed by atoms with E-state index < -0.39 is 64.1 Å². The second-order valence-corrected chi connectivity index (χ2v) is 42.1. The summed E-state index contributed by atoms with van der Waals surface area (Å²) in [6, 6.07) is 45.4. The number of nitrogens with zero attached hydrogens (tertiary/aromatic N) is 12. The van der Waals surface area contributed by atoms with Crippen LogP contribution in [0.3, 0.4) is 0 Å². The van der Waals surface area contributed by atoms with Crippen molar-refractivity contribution in [1.82, 2.24) is 22.5 Å². The topological polar surface area (TPSA) is 340 Å². The van der Waals surface area contributed by atoms with Gasteiger partial charge in [-0.1, -0.05) is 97.2 Å². The number of nitrogens with one attached hydrogen (secondary N) is 1. The fourth-order valence-corrected chi connectivity index (χ4v) is 24.0. The summed E-state index contributed by atoms with van der Waals surface area (Å²) in [5, 5.41) is 23.5. The molecule has 0 radical (unpaired) electrons. The number of aliphatic hydroxyl groups is 1. The quantitative estimate of drug-likeness (QED) is 0.0353. The first-order valence-electron chi connectivity index (χ1n) is 44.1. The number of hydrogen-bond donors (Lipinski definition) is 3. The number of rotatable bonds is 25. The number of aliphatic hydroxyl groups excluding tert-OH is 1. The summed E-state index contributed by atoms with van der Waals surface area (Å²) >= 11 is 24.6. The third-order valence-electron chi connectivity index (χ3n) is 24.4. The van der Waals surface area contributed by atoms with Crippen LogP contribution in [0.1, 0.15) is 94.4 Å². The normalized spacial score (nSPS) is 16.9. The van der Waals surface area contributed by atoms with Crippen molar-refractivity contribution in [2.24, 2.45) is 0 Å². The van der Waals surface area contributed by atoms with Crippen LogP contribution in [-0.4, -0.2) is 240 Å². The lowest BCUT2D eigenvalue weighted by atomic mass is 10.1. The summed E-state index contributed by atoms with van der Waals surface area (Å²) in [7, 11) is -14.6. The van der Waals surface area contributed by atoms with Gasteiger partial charge in [0, 0.05) is 201 Å². The number of carbonyl (C=O) groups excluding carboxylic acids is 5. The number of piperazine rings is 4. The van der Waals surface area contributed by atoms with Crippen LogP contribution >= 0.6 is 46.4 Å². The highest BCUT2D eigenvalue weighted by atomic mass is 35.5. The van der Waals surface area contributed by atoms with Crippen LogP contribution in [0.5, 0.6) is 0 Å². The summed E-state index contributed by atoms with van der Waals surface area (Å²) in [6.45, 7) is 18.3. The Morgan fingerprint density at radius 3 is 1.11 bits per heavy atom. The number of anilines is 8. The number of fused-ring (bicyclic) bond motifs is 4. The first-order chi connectivity index (χ1) is 63.1. The van der Waals surface area contributed by atoms with Crippen molar-refractivity contribution in [3.63, 3.8) is 0 Å². The van der Waals surface area contributed by atoms with Crippen molar-refractivity contribution in [2.45, 2.75) is 123 Å². The molecule has 30 nitrogen and oxygen atoms in total. The number of carbonyl (C=O) groups is 6. The number of amides is 5. The Balaban J connectivity index is 0.000000150. The van der Waals surface area contributed by atoms with E-state index in [1.165, 1.54) is 34.3 Å². The molecule has 0 spiro atoms. The number of aliphatic carboxylic acids is 1. The minimum Gasteiger partial charge on any atom is -0.511 e. The minimum atomic E-state index is -3.72. The molecule has 8 aliphatic rings. The molecule has 1 unspecified atom stereocenters. The molecule has 1 atom stereocenters. The second kappa shape index (κ2) is 43.9. The number of benzene rings is 8. The molecule has 5 amide bonds. The molecule has 4 saturated heterocycles. The van der Waals surface area contributed by atoms with Crippen LogP contribution in [0.4, 0.5) is 54.7 Å². The number of sulfonamides is 4. The molecule has 8 aliphatic heterocycles. The number of halogens is 5. The van der Waals surface area contributed by atoms with Crippen molar-refractivity contribution >= 4 is 168 Å². The lowest BCUT2D eigenvalue weighted by Crippen LogP contribution is -2.48. The Labute approximate surface area is 790 Å². The highest BCUT2D eigenvalue weighted by molar-refractivity contribution is 7.90. The molecular weight excluding hydrogens is 1860 g/mol.